The standard InChI is InChI=1S/C21H25ClN2O2/c1-14-8-15(2)10-18(9-14)12-20(25)24(16(3)21(26)23-4)13-17-6-5-7-19(22)11-17/h5-11,16H,12-13H2,1-4H3,(H,23,26)/t16-/m0/s1. The number of aryl methyl sites for hydroxylation is 2. The van der Waals surface area contributed by atoms with E-state index in [2.05, 4.69) is 11.4 Å². The van der Waals surface area contributed by atoms with E-state index in [1.165, 1.54) is 0 Å². The summed E-state index contributed by atoms with van der Waals surface area (Å²) in [7, 11) is 1.57. The lowest BCUT2D eigenvalue weighted by Gasteiger charge is -2.28. The van der Waals surface area contributed by atoms with Gasteiger partial charge < -0.3 is 10.2 Å². The van der Waals surface area contributed by atoms with Crippen LogP contribution in [0.1, 0.15) is 29.2 Å². The Morgan fingerprint density at radius 1 is 1.08 bits per heavy atom. The molecular weight excluding hydrogens is 348 g/mol. The maximum absolute atomic E-state index is 13.0. The second-order valence-electron chi connectivity index (χ2n) is 6.61. The van der Waals surface area contributed by atoms with Gasteiger partial charge in [-0.2, -0.15) is 0 Å². The van der Waals surface area contributed by atoms with Crippen molar-refractivity contribution in [3.8, 4) is 0 Å². The molecule has 2 rings (SSSR count). The summed E-state index contributed by atoms with van der Waals surface area (Å²) in [4.78, 5) is 26.7. The van der Waals surface area contributed by atoms with E-state index in [1.54, 1.807) is 24.9 Å². The van der Waals surface area contributed by atoms with Crippen LogP contribution in [0.15, 0.2) is 42.5 Å². The van der Waals surface area contributed by atoms with Gasteiger partial charge in [0.2, 0.25) is 11.8 Å². The molecule has 2 aromatic carbocycles. The minimum absolute atomic E-state index is 0.0916. The predicted octanol–water partition coefficient (Wildman–Crippen LogP) is 3.66. The summed E-state index contributed by atoms with van der Waals surface area (Å²) in [5.41, 5.74) is 4.08. The van der Waals surface area contributed by atoms with Crippen molar-refractivity contribution in [3.63, 3.8) is 0 Å². The molecule has 138 valence electrons. The average Bonchev–Trinajstić information content (AvgIpc) is 2.57. The second-order valence-corrected chi connectivity index (χ2v) is 7.05. The van der Waals surface area contributed by atoms with Gasteiger partial charge in [0.05, 0.1) is 6.42 Å². The monoisotopic (exact) mass is 372 g/mol. The molecule has 0 saturated heterocycles. The lowest BCUT2D eigenvalue weighted by Crippen LogP contribution is -2.47. The molecule has 0 unspecified atom stereocenters. The molecule has 0 bridgehead atoms. The molecule has 0 aromatic heterocycles. The SMILES string of the molecule is CNC(=O)[C@H](C)N(Cc1cccc(Cl)c1)C(=O)Cc1cc(C)cc(C)c1. The van der Waals surface area contributed by atoms with Gasteiger partial charge in [-0.1, -0.05) is 53.1 Å². The zero-order valence-corrected chi connectivity index (χ0v) is 16.4. The minimum Gasteiger partial charge on any atom is -0.357 e. The van der Waals surface area contributed by atoms with Crippen molar-refractivity contribution in [2.45, 2.75) is 39.8 Å². The van der Waals surface area contributed by atoms with Gasteiger partial charge in [0, 0.05) is 18.6 Å². The number of carbonyl (C=O) groups is 2. The Labute approximate surface area is 160 Å². The molecule has 0 aliphatic carbocycles. The summed E-state index contributed by atoms with van der Waals surface area (Å²) in [5.74, 6) is -0.285. The number of benzene rings is 2. The highest BCUT2D eigenvalue weighted by atomic mass is 35.5. The molecule has 4 nitrogen and oxygen atoms in total. The molecule has 0 aliphatic heterocycles. The van der Waals surface area contributed by atoms with Crippen molar-refractivity contribution in [2.75, 3.05) is 7.05 Å². The third-order valence-corrected chi connectivity index (χ3v) is 4.53. The number of hydrogen-bond acceptors (Lipinski definition) is 2. The Balaban J connectivity index is 2.26. The van der Waals surface area contributed by atoms with Crippen molar-refractivity contribution < 1.29 is 9.59 Å². The highest BCUT2D eigenvalue weighted by molar-refractivity contribution is 6.30. The van der Waals surface area contributed by atoms with Gasteiger partial charge in [0.15, 0.2) is 0 Å². The molecule has 0 radical (unpaired) electrons. The Bertz CT molecular complexity index is 784. The molecule has 2 amide bonds. The highest BCUT2D eigenvalue weighted by Gasteiger charge is 2.25. The Hall–Kier alpha value is -2.33. The zero-order valence-electron chi connectivity index (χ0n) is 15.7. The number of hydrogen-bond donors (Lipinski definition) is 1. The van der Waals surface area contributed by atoms with Crippen LogP contribution in [0.5, 0.6) is 0 Å². The van der Waals surface area contributed by atoms with Crippen LogP contribution in [-0.2, 0) is 22.6 Å². The van der Waals surface area contributed by atoms with Crippen LogP contribution < -0.4 is 5.32 Å². The van der Waals surface area contributed by atoms with Crippen LogP contribution in [-0.4, -0.2) is 29.8 Å². The lowest BCUT2D eigenvalue weighted by atomic mass is 10.0. The highest BCUT2D eigenvalue weighted by Crippen LogP contribution is 2.17. The first kappa shape index (κ1) is 20.0. The van der Waals surface area contributed by atoms with Crippen LogP contribution in [0.25, 0.3) is 0 Å². The topological polar surface area (TPSA) is 49.4 Å². The van der Waals surface area contributed by atoms with Crippen molar-refractivity contribution >= 4 is 23.4 Å². The first-order chi connectivity index (χ1) is 12.3. The number of rotatable bonds is 6. The number of amides is 2. The van der Waals surface area contributed by atoms with Crippen molar-refractivity contribution in [3.05, 3.63) is 69.7 Å². The van der Waals surface area contributed by atoms with E-state index in [1.807, 2.05) is 44.2 Å². The van der Waals surface area contributed by atoms with E-state index in [9.17, 15) is 9.59 Å². The molecular formula is C21H25ClN2O2. The third kappa shape index (κ3) is 5.33. The molecule has 26 heavy (non-hydrogen) atoms. The Kier molecular flexibility index (Phi) is 6.81. The molecule has 1 atom stereocenters. The molecule has 2 aromatic rings. The van der Waals surface area contributed by atoms with E-state index >= 15 is 0 Å². The Morgan fingerprint density at radius 3 is 2.31 bits per heavy atom. The number of likely N-dealkylation sites (N-methyl/N-ethyl adjacent to an activating group) is 1. The van der Waals surface area contributed by atoms with Crippen LogP contribution in [0, 0.1) is 13.8 Å². The maximum Gasteiger partial charge on any atom is 0.242 e. The molecule has 5 heteroatoms. The predicted molar refractivity (Wildman–Crippen MR) is 105 cm³/mol. The van der Waals surface area contributed by atoms with E-state index in [0.29, 0.717) is 11.6 Å². The smallest absolute Gasteiger partial charge is 0.242 e. The average molecular weight is 373 g/mol. The van der Waals surface area contributed by atoms with E-state index in [4.69, 9.17) is 11.6 Å². The van der Waals surface area contributed by atoms with E-state index in [0.717, 1.165) is 22.3 Å². The van der Waals surface area contributed by atoms with Gasteiger partial charge in [-0.3, -0.25) is 9.59 Å². The van der Waals surface area contributed by atoms with Crippen LogP contribution >= 0.6 is 11.6 Å². The summed E-state index contributed by atoms with van der Waals surface area (Å²) >= 11 is 6.06. The van der Waals surface area contributed by atoms with Gasteiger partial charge in [-0.25, -0.2) is 0 Å². The maximum atomic E-state index is 13.0. The third-order valence-electron chi connectivity index (χ3n) is 4.29. The number of nitrogens with one attached hydrogen (secondary N) is 1. The quantitative estimate of drug-likeness (QED) is 0.841. The summed E-state index contributed by atoms with van der Waals surface area (Å²) in [6, 6.07) is 12.9. The minimum atomic E-state index is -0.572. The Morgan fingerprint density at radius 2 is 1.73 bits per heavy atom. The molecule has 0 fully saturated rings. The number of carbonyl (C=O) groups excluding carboxylic acids is 2. The zero-order chi connectivity index (χ0) is 19.3. The van der Waals surface area contributed by atoms with Crippen molar-refractivity contribution in [1.82, 2.24) is 10.2 Å². The van der Waals surface area contributed by atoms with Gasteiger partial charge in [0.1, 0.15) is 6.04 Å². The van der Waals surface area contributed by atoms with Crippen molar-refractivity contribution in [2.24, 2.45) is 0 Å². The summed E-state index contributed by atoms with van der Waals surface area (Å²) in [6.07, 6.45) is 0.254. The van der Waals surface area contributed by atoms with E-state index < -0.39 is 6.04 Å². The molecule has 0 heterocycles. The normalized spacial score (nSPS) is 11.7. The summed E-state index contributed by atoms with van der Waals surface area (Å²) < 4.78 is 0. The van der Waals surface area contributed by atoms with Gasteiger partial charge >= 0.3 is 0 Å². The summed E-state index contributed by atoms with van der Waals surface area (Å²) in [5, 5.41) is 3.23. The van der Waals surface area contributed by atoms with Crippen LogP contribution in [0.2, 0.25) is 5.02 Å². The number of nitrogens with zero attached hydrogens (tertiary/aromatic N) is 1. The number of halogens is 1. The molecule has 1 N–H and O–H groups in total. The fourth-order valence-electron chi connectivity index (χ4n) is 3.07. The van der Waals surface area contributed by atoms with E-state index in [-0.39, 0.29) is 18.2 Å². The molecule has 0 saturated carbocycles. The van der Waals surface area contributed by atoms with Gasteiger partial charge in [-0.15, -0.1) is 0 Å². The first-order valence-corrected chi connectivity index (χ1v) is 9.00. The largest absolute Gasteiger partial charge is 0.357 e. The van der Waals surface area contributed by atoms with Crippen molar-refractivity contribution in [1.29, 1.82) is 0 Å². The first-order valence-electron chi connectivity index (χ1n) is 8.63. The second kappa shape index (κ2) is 8.86. The fraction of sp³-hybridized carbons (Fsp3) is 0.333. The van der Waals surface area contributed by atoms with Crippen LogP contribution in [0.3, 0.4) is 0 Å². The van der Waals surface area contributed by atoms with Gasteiger partial charge in [-0.05, 0) is 44.0 Å². The van der Waals surface area contributed by atoms with Crippen LogP contribution in [0.4, 0.5) is 0 Å². The van der Waals surface area contributed by atoms with Gasteiger partial charge in [0.25, 0.3) is 0 Å². The fourth-order valence-corrected chi connectivity index (χ4v) is 3.28. The molecule has 0 spiro atoms. The summed E-state index contributed by atoms with van der Waals surface area (Å²) in [6.45, 7) is 6.09. The lowest BCUT2D eigenvalue weighted by molar-refractivity contribution is -0.139. The molecule has 0 aliphatic rings.